The van der Waals surface area contributed by atoms with E-state index in [-0.39, 0.29) is 17.7 Å². The molecular formula is C16H18N6O3S. The maximum absolute atomic E-state index is 12.4. The third-order valence-corrected chi connectivity index (χ3v) is 5.24. The number of ether oxygens (including phenoxy) is 1. The molecule has 4 heterocycles. The van der Waals surface area contributed by atoms with Crippen LogP contribution in [0.4, 0.5) is 5.69 Å². The Balaban J connectivity index is 1.61. The zero-order valence-electron chi connectivity index (χ0n) is 14.3. The first-order chi connectivity index (χ1) is 12.6. The van der Waals surface area contributed by atoms with Gasteiger partial charge in [-0.3, -0.25) is 9.59 Å². The molecule has 1 saturated heterocycles. The van der Waals surface area contributed by atoms with E-state index in [0.717, 1.165) is 30.2 Å². The first kappa shape index (κ1) is 16.9. The lowest BCUT2D eigenvalue weighted by Crippen LogP contribution is -2.37. The summed E-state index contributed by atoms with van der Waals surface area (Å²) in [7, 11) is 0. The van der Waals surface area contributed by atoms with Crippen molar-refractivity contribution in [3.8, 4) is 0 Å². The summed E-state index contributed by atoms with van der Waals surface area (Å²) in [4.78, 5) is 31.7. The molecule has 0 spiro atoms. The third-order valence-electron chi connectivity index (χ3n) is 4.19. The van der Waals surface area contributed by atoms with Crippen molar-refractivity contribution in [2.75, 3.05) is 31.2 Å². The van der Waals surface area contributed by atoms with Gasteiger partial charge in [-0.05, 0) is 6.42 Å². The molecule has 0 aliphatic carbocycles. The van der Waals surface area contributed by atoms with Crippen molar-refractivity contribution >= 4 is 22.0 Å². The van der Waals surface area contributed by atoms with Crippen LogP contribution in [0.5, 0.6) is 0 Å². The van der Waals surface area contributed by atoms with Crippen LogP contribution in [-0.2, 0) is 17.7 Å². The van der Waals surface area contributed by atoms with E-state index < -0.39 is 0 Å². The van der Waals surface area contributed by atoms with Crippen LogP contribution in [0.1, 0.15) is 17.6 Å². The highest BCUT2D eigenvalue weighted by Crippen LogP contribution is 2.13. The topological polar surface area (TPSA) is 94.6 Å². The summed E-state index contributed by atoms with van der Waals surface area (Å²) in [5.74, 6) is 0. The van der Waals surface area contributed by atoms with Crippen LogP contribution < -0.4 is 16.0 Å². The molecule has 0 atom stereocenters. The van der Waals surface area contributed by atoms with Crippen LogP contribution in [0.2, 0.25) is 0 Å². The molecular weight excluding hydrogens is 356 g/mol. The first-order valence-electron chi connectivity index (χ1n) is 8.42. The maximum Gasteiger partial charge on any atom is 0.275 e. The fraction of sp³-hybridized carbons (Fsp3) is 0.438. The lowest BCUT2D eigenvalue weighted by molar-refractivity contribution is 0.122. The van der Waals surface area contributed by atoms with Gasteiger partial charge in [-0.25, -0.2) is 9.67 Å². The number of morpholine rings is 1. The van der Waals surface area contributed by atoms with Gasteiger partial charge >= 0.3 is 0 Å². The van der Waals surface area contributed by atoms with E-state index in [1.165, 1.54) is 26.6 Å². The van der Waals surface area contributed by atoms with Crippen molar-refractivity contribution < 1.29 is 4.74 Å². The van der Waals surface area contributed by atoms with Crippen LogP contribution in [0, 0.1) is 0 Å². The fourth-order valence-corrected chi connectivity index (χ4v) is 3.67. The first-order valence-corrected chi connectivity index (χ1v) is 9.24. The second kappa shape index (κ2) is 6.96. The van der Waals surface area contributed by atoms with Gasteiger partial charge in [0, 0.05) is 25.2 Å². The van der Waals surface area contributed by atoms with Gasteiger partial charge in [-0.1, -0.05) is 18.3 Å². The predicted octanol–water partition coefficient (Wildman–Crippen LogP) is 0.155. The Kier molecular flexibility index (Phi) is 4.51. The van der Waals surface area contributed by atoms with Crippen LogP contribution in [0.3, 0.4) is 0 Å². The van der Waals surface area contributed by atoms with Gasteiger partial charge in [0.25, 0.3) is 11.1 Å². The van der Waals surface area contributed by atoms with E-state index in [1.807, 2.05) is 6.92 Å². The molecule has 1 fully saturated rings. The number of rotatable bonds is 4. The SMILES string of the molecule is CCc1nn2c(=O)cc(Cn3ncc(N4CCOCC4)cc3=O)nc2s1. The molecule has 1 aliphatic rings. The molecule has 10 heteroatoms. The highest BCUT2D eigenvalue weighted by atomic mass is 32.1. The Bertz CT molecular complexity index is 1050. The smallest absolute Gasteiger partial charge is 0.275 e. The summed E-state index contributed by atoms with van der Waals surface area (Å²) < 4.78 is 7.93. The summed E-state index contributed by atoms with van der Waals surface area (Å²) in [5.41, 5.74) is 0.802. The van der Waals surface area contributed by atoms with Crippen LogP contribution in [0.25, 0.3) is 4.96 Å². The molecule has 0 saturated carbocycles. The molecule has 4 rings (SSSR count). The molecule has 136 valence electrons. The summed E-state index contributed by atoms with van der Waals surface area (Å²) in [6, 6.07) is 2.96. The van der Waals surface area contributed by atoms with Crippen LogP contribution in [0.15, 0.2) is 27.9 Å². The van der Waals surface area contributed by atoms with Crippen molar-refractivity contribution in [2.24, 2.45) is 0 Å². The van der Waals surface area contributed by atoms with Crippen molar-refractivity contribution in [1.82, 2.24) is 24.4 Å². The van der Waals surface area contributed by atoms with Crippen molar-refractivity contribution in [1.29, 1.82) is 0 Å². The minimum Gasteiger partial charge on any atom is -0.378 e. The average molecular weight is 374 g/mol. The normalized spacial score (nSPS) is 14.9. The van der Waals surface area contributed by atoms with Crippen molar-refractivity contribution in [3.63, 3.8) is 0 Å². The summed E-state index contributed by atoms with van der Waals surface area (Å²) in [6.07, 6.45) is 2.41. The third kappa shape index (κ3) is 3.25. The van der Waals surface area contributed by atoms with Gasteiger partial charge in [0.2, 0.25) is 4.96 Å². The second-order valence-corrected chi connectivity index (χ2v) is 6.98. The lowest BCUT2D eigenvalue weighted by Gasteiger charge is -2.28. The van der Waals surface area contributed by atoms with Gasteiger partial charge in [0.05, 0.1) is 37.3 Å². The number of fused-ring (bicyclic) bond motifs is 1. The Morgan fingerprint density at radius 3 is 2.73 bits per heavy atom. The van der Waals surface area contributed by atoms with E-state index in [1.54, 1.807) is 12.3 Å². The molecule has 26 heavy (non-hydrogen) atoms. The van der Waals surface area contributed by atoms with Gasteiger partial charge in [0.15, 0.2) is 0 Å². The highest BCUT2D eigenvalue weighted by Gasteiger charge is 2.14. The maximum atomic E-state index is 12.4. The van der Waals surface area contributed by atoms with E-state index >= 15 is 0 Å². The van der Waals surface area contributed by atoms with Crippen molar-refractivity contribution in [2.45, 2.75) is 19.9 Å². The zero-order chi connectivity index (χ0) is 18.1. The predicted molar refractivity (Wildman–Crippen MR) is 97.1 cm³/mol. The molecule has 0 amide bonds. The number of aryl methyl sites for hydroxylation is 1. The van der Waals surface area contributed by atoms with Gasteiger partial charge < -0.3 is 9.64 Å². The van der Waals surface area contributed by atoms with E-state index in [9.17, 15) is 9.59 Å². The Morgan fingerprint density at radius 2 is 2.00 bits per heavy atom. The van der Waals surface area contributed by atoms with Crippen LogP contribution in [-0.4, -0.2) is 50.7 Å². The Morgan fingerprint density at radius 1 is 1.19 bits per heavy atom. The quantitative estimate of drug-likeness (QED) is 0.642. The summed E-state index contributed by atoms with van der Waals surface area (Å²) >= 11 is 1.38. The molecule has 0 aromatic carbocycles. The number of aromatic nitrogens is 5. The monoisotopic (exact) mass is 374 g/mol. The standard InChI is InChI=1S/C16H18N6O3S/c1-2-13-19-22-15(24)7-11(18-16(22)26-13)10-21-14(23)8-12(9-17-21)20-3-5-25-6-4-20/h7-9H,2-6,10H2,1H3. The van der Waals surface area contributed by atoms with E-state index in [2.05, 4.69) is 20.1 Å². The fourth-order valence-electron chi connectivity index (χ4n) is 2.81. The molecule has 3 aromatic rings. The molecule has 0 unspecified atom stereocenters. The lowest BCUT2D eigenvalue weighted by atomic mass is 10.3. The second-order valence-electron chi connectivity index (χ2n) is 5.94. The van der Waals surface area contributed by atoms with Gasteiger partial charge in [-0.15, -0.1) is 0 Å². The summed E-state index contributed by atoms with van der Waals surface area (Å²) in [6.45, 7) is 4.89. The highest BCUT2D eigenvalue weighted by molar-refractivity contribution is 7.16. The van der Waals surface area contributed by atoms with Crippen LogP contribution >= 0.6 is 11.3 Å². The number of anilines is 1. The van der Waals surface area contributed by atoms with E-state index in [4.69, 9.17) is 4.74 Å². The van der Waals surface area contributed by atoms with E-state index in [0.29, 0.717) is 23.9 Å². The van der Waals surface area contributed by atoms with Gasteiger partial charge in [0.1, 0.15) is 5.01 Å². The molecule has 0 N–H and O–H groups in total. The number of nitrogens with zero attached hydrogens (tertiary/aromatic N) is 6. The Labute approximate surface area is 152 Å². The molecule has 0 radical (unpaired) electrons. The minimum absolute atomic E-state index is 0.146. The molecule has 9 nitrogen and oxygen atoms in total. The molecule has 0 bridgehead atoms. The van der Waals surface area contributed by atoms with Crippen molar-refractivity contribution in [3.05, 3.63) is 49.7 Å². The Hall–Kier alpha value is -2.59. The zero-order valence-corrected chi connectivity index (χ0v) is 15.1. The number of hydrogen-bond donors (Lipinski definition) is 0. The van der Waals surface area contributed by atoms with Gasteiger partial charge in [-0.2, -0.15) is 14.7 Å². The minimum atomic E-state index is -0.251. The number of hydrogen-bond acceptors (Lipinski definition) is 8. The average Bonchev–Trinajstić information content (AvgIpc) is 3.08. The largest absolute Gasteiger partial charge is 0.378 e. The summed E-state index contributed by atoms with van der Waals surface area (Å²) in [5, 5.41) is 9.30. The molecule has 1 aliphatic heterocycles. The molecule has 3 aromatic heterocycles.